The summed E-state index contributed by atoms with van der Waals surface area (Å²) in [4.78, 5) is 14.0. The van der Waals surface area contributed by atoms with Crippen molar-refractivity contribution < 1.29 is 9.53 Å². The number of ether oxygens (including phenoxy) is 1. The summed E-state index contributed by atoms with van der Waals surface area (Å²) in [7, 11) is 0. The first-order valence-electron chi connectivity index (χ1n) is 8.35. The van der Waals surface area contributed by atoms with Crippen LogP contribution in [0.4, 0.5) is 4.79 Å². The molecule has 134 valence electrons. The Morgan fingerprint density at radius 2 is 2.08 bits per heavy atom. The standard InChI is InChI=1S/C18H26Cl2N2O2/c1-12(14-8-5-9-15(19)16(14)20)21-13-7-6-10-22(11-13)17(23)24-18(2,3)4/h5,8-9,12-13,21H,6-7,10-11H2,1-4H3. The highest BCUT2D eigenvalue weighted by molar-refractivity contribution is 6.42. The van der Waals surface area contributed by atoms with Crippen LogP contribution in [0.25, 0.3) is 0 Å². The van der Waals surface area contributed by atoms with Crippen LogP contribution >= 0.6 is 23.2 Å². The maximum Gasteiger partial charge on any atom is 0.410 e. The van der Waals surface area contributed by atoms with Crippen LogP contribution in [0, 0.1) is 0 Å². The van der Waals surface area contributed by atoms with E-state index >= 15 is 0 Å². The lowest BCUT2D eigenvalue weighted by atomic mass is 10.0. The normalized spacial score (nSPS) is 19.9. The van der Waals surface area contributed by atoms with E-state index in [4.69, 9.17) is 27.9 Å². The van der Waals surface area contributed by atoms with E-state index in [2.05, 4.69) is 12.2 Å². The third-order valence-electron chi connectivity index (χ3n) is 4.01. The van der Waals surface area contributed by atoms with E-state index < -0.39 is 5.60 Å². The average molecular weight is 373 g/mol. The molecule has 1 amide bonds. The van der Waals surface area contributed by atoms with Gasteiger partial charge in [0.1, 0.15) is 5.60 Å². The maximum absolute atomic E-state index is 12.3. The number of amides is 1. The minimum Gasteiger partial charge on any atom is -0.444 e. The Kier molecular flexibility index (Phi) is 6.40. The zero-order chi connectivity index (χ0) is 17.9. The molecule has 1 saturated heterocycles. The molecule has 0 saturated carbocycles. The van der Waals surface area contributed by atoms with E-state index in [0.29, 0.717) is 16.6 Å². The Bertz CT molecular complexity index is 587. The summed E-state index contributed by atoms with van der Waals surface area (Å²) in [5, 5.41) is 4.70. The lowest BCUT2D eigenvalue weighted by molar-refractivity contribution is 0.0184. The summed E-state index contributed by atoms with van der Waals surface area (Å²) >= 11 is 12.4. The van der Waals surface area contributed by atoms with E-state index in [9.17, 15) is 4.79 Å². The molecule has 6 heteroatoms. The number of piperidine rings is 1. The molecule has 24 heavy (non-hydrogen) atoms. The molecule has 0 radical (unpaired) electrons. The third kappa shape index (κ3) is 5.27. The SMILES string of the molecule is CC(NC1CCCN(C(=O)OC(C)(C)C)C1)c1cccc(Cl)c1Cl. The number of carbonyl (C=O) groups is 1. The molecule has 1 aromatic rings. The van der Waals surface area contributed by atoms with Crippen LogP contribution in [-0.4, -0.2) is 35.7 Å². The van der Waals surface area contributed by atoms with Gasteiger partial charge in [-0.25, -0.2) is 4.79 Å². The van der Waals surface area contributed by atoms with Crippen molar-refractivity contribution >= 4 is 29.3 Å². The van der Waals surface area contributed by atoms with Gasteiger partial charge in [0.25, 0.3) is 0 Å². The molecule has 1 N–H and O–H groups in total. The van der Waals surface area contributed by atoms with Gasteiger partial charge in [-0.3, -0.25) is 0 Å². The Hall–Kier alpha value is -0.970. The predicted octanol–water partition coefficient (Wildman–Crippen LogP) is 5.04. The Morgan fingerprint density at radius 3 is 2.75 bits per heavy atom. The van der Waals surface area contributed by atoms with Crippen molar-refractivity contribution in [2.24, 2.45) is 0 Å². The van der Waals surface area contributed by atoms with Crippen molar-refractivity contribution in [3.8, 4) is 0 Å². The predicted molar refractivity (Wildman–Crippen MR) is 98.8 cm³/mol. The second-order valence-electron chi connectivity index (χ2n) is 7.30. The van der Waals surface area contributed by atoms with Crippen LogP contribution in [0.2, 0.25) is 10.0 Å². The van der Waals surface area contributed by atoms with Crippen molar-refractivity contribution in [3.05, 3.63) is 33.8 Å². The van der Waals surface area contributed by atoms with Gasteiger partial charge in [0, 0.05) is 25.2 Å². The quantitative estimate of drug-likeness (QED) is 0.807. The average Bonchev–Trinajstić information content (AvgIpc) is 2.48. The number of hydrogen-bond donors (Lipinski definition) is 1. The molecule has 0 bridgehead atoms. The van der Waals surface area contributed by atoms with Crippen molar-refractivity contribution in [3.63, 3.8) is 0 Å². The van der Waals surface area contributed by atoms with Crippen molar-refractivity contribution in [1.29, 1.82) is 0 Å². The van der Waals surface area contributed by atoms with Gasteiger partial charge in [0.2, 0.25) is 0 Å². The van der Waals surface area contributed by atoms with Gasteiger partial charge >= 0.3 is 6.09 Å². The van der Waals surface area contributed by atoms with Gasteiger partial charge in [0.15, 0.2) is 0 Å². The number of benzene rings is 1. The molecule has 1 aliphatic heterocycles. The number of likely N-dealkylation sites (tertiary alicyclic amines) is 1. The minimum atomic E-state index is -0.473. The van der Waals surface area contributed by atoms with E-state index in [-0.39, 0.29) is 18.2 Å². The second kappa shape index (κ2) is 7.94. The molecule has 2 rings (SSSR count). The third-order valence-corrected chi connectivity index (χ3v) is 4.84. The molecular weight excluding hydrogens is 347 g/mol. The summed E-state index contributed by atoms with van der Waals surface area (Å²) in [6.45, 7) is 9.08. The summed E-state index contributed by atoms with van der Waals surface area (Å²) < 4.78 is 5.47. The highest BCUT2D eigenvalue weighted by Crippen LogP contribution is 2.30. The minimum absolute atomic E-state index is 0.0554. The molecule has 4 nitrogen and oxygen atoms in total. The van der Waals surface area contributed by atoms with E-state index in [0.717, 1.165) is 24.9 Å². The van der Waals surface area contributed by atoms with Gasteiger partial charge in [-0.1, -0.05) is 35.3 Å². The topological polar surface area (TPSA) is 41.6 Å². The summed E-state index contributed by atoms with van der Waals surface area (Å²) in [6.07, 6.45) is 1.72. The first-order valence-corrected chi connectivity index (χ1v) is 9.11. The smallest absolute Gasteiger partial charge is 0.410 e. The lowest BCUT2D eigenvalue weighted by Gasteiger charge is -2.35. The lowest BCUT2D eigenvalue weighted by Crippen LogP contribution is -2.49. The number of halogens is 2. The van der Waals surface area contributed by atoms with Crippen LogP contribution in [0.3, 0.4) is 0 Å². The van der Waals surface area contributed by atoms with Crippen LogP contribution in [0.15, 0.2) is 18.2 Å². The number of rotatable bonds is 3. The van der Waals surface area contributed by atoms with Gasteiger partial charge in [-0.05, 0) is 52.2 Å². The fraction of sp³-hybridized carbons (Fsp3) is 0.611. The summed E-state index contributed by atoms with van der Waals surface area (Å²) in [5.74, 6) is 0. The first-order chi connectivity index (χ1) is 11.2. The van der Waals surface area contributed by atoms with Crippen LogP contribution < -0.4 is 5.32 Å². The largest absolute Gasteiger partial charge is 0.444 e. The highest BCUT2D eigenvalue weighted by atomic mass is 35.5. The molecule has 0 spiro atoms. The molecule has 2 unspecified atom stereocenters. The van der Waals surface area contributed by atoms with Crippen molar-refractivity contribution in [1.82, 2.24) is 10.2 Å². The van der Waals surface area contributed by atoms with Crippen molar-refractivity contribution in [2.75, 3.05) is 13.1 Å². The second-order valence-corrected chi connectivity index (χ2v) is 8.08. The van der Waals surface area contributed by atoms with E-state index in [1.54, 1.807) is 11.0 Å². The maximum atomic E-state index is 12.3. The zero-order valence-electron chi connectivity index (χ0n) is 14.7. The molecule has 1 fully saturated rings. The van der Waals surface area contributed by atoms with Crippen LogP contribution in [0.1, 0.15) is 52.1 Å². The molecule has 0 aromatic heterocycles. The summed E-state index contributed by atoms with van der Waals surface area (Å²) in [6, 6.07) is 5.91. The van der Waals surface area contributed by atoms with E-state index in [1.165, 1.54) is 0 Å². The fourth-order valence-electron chi connectivity index (χ4n) is 2.90. The molecule has 2 atom stereocenters. The number of nitrogens with one attached hydrogen (secondary N) is 1. The number of nitrogens with zero attached hydrogens (tertiary/aromatic N) is 1. The van der Waals surface area contributed by atoms with Crippen LogP contribution in [0.5, 0.6) is 0 Å². The van der Waals surface area contributed by atoms with Crippen molar-refractivity contribution in [2.45, 2.75) is 58.2 Å². The molecule has 1 aromatic carbocycles. The Labute approximate surface area is 154 Å². The number of hydrogen-bond acceptors (Lipinski definition) is 3. The van der Waals surface area contributed by atoms with E-state index in [1.807, 2.05) is 32.9 Å². The van der Waals surface area contributed by atoms with Gasteiger partial charge in [-0.2, -0.15) is 0 Å². The monoisotopic (exact) mass is 372 g/mol. The molecular formula is C18H26Cl2N2O2. The number of carbonyl (C=O) groups excluding carboxylic acids is 1. The Balaban J connectivity index is 1.97. The van der Waals surface area contributed by atoms with Gasteiger partial charge in [-0.15, -0.1) is 0 Å². The highest BCUT2D eigenvalue weighted by Gasteiger charge is 2.28. The first kappa shape index (κ1) is 19.4. The molecule has 1 aliphatic rings. The summed E-state index contributed by atoms with van der Waals surface area (Å²) in [5.41, 5.74) is 0.498. The van der Waals surface area contributed by atoms with Gasteiger partial charge in [0.05, 0.1) is 10.0 Å². The molecule has 0 aliphatic carbocycles. The van der Waals surface area contributed by atoms with Gasteiger partial charge < -0.3 is 15.0 Å². The van der Waals surface area contributed by atoms with Crippen LogP contribution in [-0.2, 0) is 4.74 Å². The fourth-order valence-corrected chi connectivity index (χ4v) is 3.38. The molecule has 1 heterocycles. The zero-order valence-corrected chi connectivity index (χ0v) is 16.2. The Morgan fingerprint density at radius 1 is 1.38 bits per heavy atom.